The van der Waals surface area contributed by atoms with Crippen molar-refractivity contribution in [3.05, 3.63) is 18.2 Å². The number of hydrogen-bond acceptors (Lipinski definition) is 15. The Morgan fingerprint density at radius 1 is 0.556 bits per heavy atom. The molecule has 1 heterocycles. The number of carbonyl (C=O) groups is 12. The molecule has 0 radical (unpaired) electrons. The molecule has 0 aliphatic carbocycles. The average Bonchev–Trinajstić information content (AvgIpc) is 3.72. The molecular formula is C35H53N11O17. The minimum Gasteiger partial charge on any atom is -0.481 e. The van der Waals surface area contributed by atoms with Crippen molar-refractivity contribution in [1.82, 2.24) is 47.2 Å². The normalized spacial score (nSPS) is 13.6. The van der Waals surface area contributed by atoms with Crippen LogP contribution in [0.4, 0.5) is 0 Å². The van der Waals surface area contributed by atoms with Gasteiger partial charge in [0.15, 0.2) is 0 Å². The summed E-state index contributed by atoms with van der Waals surface area (Å²) < 4.78 is 0. The molecule has 0 aromatic carbocycles. The van der Waals surface area contributed by atoms with Gasteiger partial charge in [-0.05, 0) is 45.1 Å². The molecule has 0 fully saturated rings. The van der Waals surface area contributed by atoms with Gasteiger partial charge < -0.3 is 79.2 Å². The maximum absolute atomic E-state index is 13.6. The van der Waals surface area contributed by atoms with Gasteiger partial charge in [0.25, 0.3) is 0 Å². The Hall–Kier alpha value is -7.23. The lowest BCUT2D eigenvalue weighted by Gasteiger charge is -2.26. The Morgan fingerprint density at radius 3 is 1.46 bits per heavy atom. The molecule has 0 bridgehead atoms. The van der Waals surface area contributed by atoms with Crippen molar-refractivity contribution in [2.45, 2.75) is 107 Å². The molecule has 6 atom stereocenters. The average molecular weight is 900 g/mol. The predicted octanol–water partition coefficient (Wildman–Crippen LogP) is -5.78. The Labute approximate surface area is 357 Å². The van der Waals surface area contributed by atoms with Crippen LogP contribution in [-0.2, 0) is 64.0 Å². The van der Waals surface area contributed by atoms with E-state index < -0.39 is 165 Å². The lowest BCUT2D eigenvalue weighted by atomic mass is 10.0. The van der Waals surface area contributed by atoms with Crippen LogP contribution in [0.1, 0.15) is 69.9 Å². The number of nitrogens with one attached hydrogen (secondary N) is 8. The fourth-order valence-electron chi connectivity index (χ4n) is 5.37. The van der Waals surface area contributed by atoms with Gasteiger partial charge in [0, 0.05) is 37.6 Å². The van der Waals surface area contributed by atoms with Crippen LogP contribution in [0.3, 0.4) is 0 Å². The van der Waals surface area contributed by atoms with Crippen molar-refractivity contribution in [2.24, 2.45) is 11.5 Å². The minimum absolute atomic E-state index is 0.0260. The summed E-state index contributed by atoms with van der Waals surface area (Å²) in [6, 6.07) is -9.73. The van der Waals surface area contributed by atoms with Gasteiger partial charge in [-0.3, -0.25) is 52.7 Å². The van der Waals surface area contributed by atoms with Crippen molar-refractivity contribution in [3.8, 4) is 0 Å². The molecule has 0 spiro atoms. The van der Waals surface area contributed by atoms with Crippen molar-refractivity contribution < 1.29 is 83.1 Å². The van der Waals surface area contributed by atoms with E-state index in [1.54, 1.807) is 0 Å². The van der Waals surface area contributed by atoms with E-state index in [4.69, 9.17) is 16.6 Å². The molecule has 63 heavy (non-hydrogen) atoms. The van der Waals surface area contributed by atoms with E-state index >= 15 is 0 Å². The number of imidazole rings is 1. The summed E-state index contributed by atoms with van der Waals surface area (Å²) in [7, 11) is 0. The highest BCUT2D eigenvalue weighted by atomic mass is 16.4. The number of carbonyl (C=O) groups excluding carboxylic acids is 7. The number of aromatic amines is 1. The second-order valence-electron chi connectivity index (χ2n) is 13.8. The Morgan fingerprint density at radius 2 is 1.00 bits per heavy atom. The number of carboxylic acid groups (broad SMARTS) is 5. The smallest absolute Gasteiger partial charge is 0.326 e. The zero-order valence-electron chi connectivity index (χ0n) is 33.8. The van der Waals surface area contributed by atoms with Gasteiger partial charge in [-0.1, -0.05) is 0 Å². The molecule has 0 saturated heterocycles. The summed E-state index contributed by atoms with van der Waals surface area (Å²) in [5, 5.41) is 61.3. The van der Waals surface area contributed by atoms with E-state index in [0.717, 1.165) is 0 Å². The molecule has 350 valence electrons. The molecule has 28 heteroatoms. The van der Waals surface area contributed by atoms with Crippen LogP contribution in [0.15, 0.2) is 12.5 Å². The molecule has 1 aromatic heterocycles. The number of unbranched alkanes of at least 4 members (excludes halogenated alkanes) is 1. The number of aliphatic carboxylic acids is 5. The number of H-pyrrole nitrogens is 1. The Bertz CT molecular complexity index is 1790. The summed E-state index contributed by atoms with van der Waals surface area (Å²) in [4.78, 5) is 154. The van der Waals surface area contributed by atoms with E-state index in [0.29, 0.717) is 12.1 Å². The number of carboxylic acids is 5. The third kappa shape index (κ3) is 22.8. The monoisotopic (exact) mass is 899 g/mol. The third-order valence-electron chi connectivity index (χ3n) is 8.63. The fourth-order valence-corrected chi connectivity index (χ4v) is 5.37. The summed E-state index contributed by atoms with van der Waals surface area (Å²) >= 11 is 0. The number of hydrogen-bond donors (Lipinski definition) is 15. The highest BCUT2D eigenvalue weighted by Gasteiger charge is 2.33. The highest BCUT2D eigenvalue weighted by Crippen LogP contribution is 2.08. The summed E-state index contributed by atoms with van der Waals surface area (Å²) in [6.07, 6.45) is -1.72. The van der Waals surface area contributed by atoms with Crippen LogP contribution < -0.4 is 48.7 Å². The zero-order valence-corrected chi connectivity index (χ0v) is 33.8. The number of aromatic nitrogens is 2. The molecule has 17 N–H and O–H groups in total. The number of nitrogens with zero attached hydrogens (tertiary/aromatic N) is 1. The molecule has 0 aliphatic rings. The van der Waals surface area contributed by atoms with Gasteiger partial charge >= 0.3 is 29.8 Å². The largest absolute Gasteiger partial charge is 0.481 e. The lowest BCUT2D eigenvalue weighted by molar-refractivity contribution is -0.143. The zero-order chi connectivity index (χ0) is 47.6. The van der Waals surface area contributed by atoms with E-state index in [2.05, 4.69) is 41.9 Å². The molecular weight excluding hydrogens is 846 g/mol. The van der Waals surface area contributed by atoms with Crippen LogP contribution >= 0.6 is 0 Å². The SMILES string of the molecule is NCCCC[C@H](NC(=O)[C@H](CC(=O)O)NC(=O)[C@H](CCC(=O)O)NC(=O)CNC(=O)[C@@H](N)Cc1cnc[nH]1)C(=O)N[C@@H](CCC(=O)O)C(=O)NCC(=O)N[C@@H](CCC(=O)O)C(=O)O. The molecule has 1 rings (SSSR count). The number of amides is 7. The van der Waals surface area contributed by atoms with Crippen LogP contribution in [0.25, 0.3) is 0 Å². The Balaban J connectivity index is 3.18. The number of nitrogens with two attached hydrogens (primary N) is 2. The van der Waals surface area contributed by atoms with Crippen LogP contribution in [0.5, 0.6) is 0 Å². The summed E-state index contributed by atoms with van der Waals surface area (Å²) in [5.41, 5.74) is 11.9. The molecule has 0 unspecified atom stereocenters. The highest BCUT2D eigenvalue weighted by molar-refractivity contribution is 5.98. The quantitative estimate of drug-likeness (QED) is 0.0300. The van der Waals surface area contributed by atoms with Crippen LogP contribution in [0.2, 0.25) is 0 Å². The maximum atomic E-state index is 13.6. The van der Waals surface area contributed by atoms with Gasteiger partial charge in [0.05, 0.1) is 31.9 Å². The van der Waals surface area contributed by atoms with Gasteiger partial charge in [0.2, 0.25) is 41.4 Å². The summed E-state index contributed by atoms with van der Waals surface area (Å²) in [6.45, 7) is -1.51. The first-order chi connectivity index (χ1) is 29.6. The first-order valence-corrected chi connectivity index (χ1v) is 19.2. The number of rotatable bonds is 32. The second kappa shape index (κ2) is 28.3. The molecule has 7 amide bonds. The summed E-state index contributed by atoms with van der Waals surface area (Å²) in [5.74, 6) is -15.0. The first kappa shape index (κ1) is 53.8. The molecule has 1 aromatic rings. The van der Waals surface area contributed by atoms with E-state index in [1.807, 2.05) is 5.32 Å². The van der Waals surface area contributed by atoms with Crippen LogP contribution in [-0.4, -0.2) is 163 Å². The molecule has 0 saturated carbocycles. The van der Waals surface area contributed by atoms with Crippen molar-refractivity contribution in [2.75, 3.05) is 19.6 Å². The third-order valence-corrected chi connectivity index (χ3v) is 8.63. The topological polar surface area (TPSA) is 471 Å². The van der Waals surface area contributed by atoms with E-state index in [1.165, 1.54) is 12.5 Å². The van der Waals surface area contributed by atoms with Crippen molar-refractivity contribution in [1.29, 1.82) is 0 Å². The van der Waals surface area contributed by atoms with Crippen molar-refractivity contribution >= 4 is 71.2 Å². The minimum atomic E-state index is -1.97. The predicted molar refractivity (Wildman–Crippen MR) is 209 cm³/mol. The van der Waals surface area contributed by atoms with E-state index in [9.17, 15) is 78.0 Å². The lowest BCUT2D eigenvalue weighted by Crippen LogP contribution is -2.59. The van der Waals surface area contributed by atoms with Crippen LogP contribution in [0, 0.1) is 0 Å². The first-order valence-electron chi connectivity index (χ1n) is 19.2. The maximum Gasteiger partial charge on any atom is 0.326 e. The second-order valence-corrected chi connectivity index (χ2v) is 13.8. The molecule has 28 nitrogen and oxygen atoms in total. The van der Waals surface area contributed by atoms with Gasteiger partial charge in [-0.2, -0.15) is 0 Å². The Kier molecular flexibility index (Phi) is 24.2. The van der Waals surface area contributed by atoms with Gasteiger partial charge in [-0.25, -0.2) is 9.78 Å². The van der Waals surface area contributed by atoms with E-state index in [-0.39, 0.29) is 25.8 Å². The van der Waals surface area contributed by atoms with Crippen molar-refractivity contribution in [3.63, 3.8) is 0 Å². The molecule has 0 aliphatic heterocycles. The van der Waals surface area contributed by atoms with Gasteiger partial charge in [0.1, 0.15) is 30.2 Å². The van der Waals surface area contributed by atoms with Gasteiger partial charge in [-0.15, -0.1) is 0 Å². The standard InChI is InChI=1S/C35H53N11O17/c36-10-2-1-3-19(32(59)45-20(4-7-26(49)50)31(58)40-15-25(48)43-22(35(62)63)6-9-28(53)54)44-34(61)23(12-29(55)56)46-33(60)21(5-8-27(51)52)42-24(47)14-39-30(57)18(37)11-17-13-38-16-41-17/h13,16,18-23H,1-12,14-15,36-37H2,(H,38,41)(H,39,57)(H,40,58)(H,42,47)(H,43,48)(H,44,61)(H,45,59)(H,46,60)(H,49,50)(H,51,52)(H,53,54)(H,55,56)(H,62,63)/t18-,19-,20-,21-,22-,23-/m0/s1. The fraction of sp³-hybridized carbons (Fsp3) is 0.571.